The third-order valence-corrected chi connectivity index (χ3v) is 6.43. The Kier molecular flexibility index (Phi) is 5.44. The molecule has 28 heavy (non-hydrogen) atoms. The fourth-order valence-electron chi connectivity index (χ4n) is 4.36. The maximum Gasteiger partial charge on any atom is 0.274 e. The van der Waals surface area contributed by atoms with Crippen molar-refractivity contribution >= 4 is 27.7 Å². The number of aromatic nitrogens is 2. The highest BCUT2D eigenvalue weighted by Gasteiger charge is 2.45. The van der Waals surface area contributed by atoms with Crippen molar-refractivity contribution in [2.45, 2.75) is 31.1 Å². The highest BCUT2D eigenvalue weighted by Crippen LogP contribution is 2.43. The number of hydrogen-bond donors (Lipinski definition) is 0. The van der Waals surface area contributed by atoms with Crippen LogP contribution in [0.5, 0.6) is 0 Å². The van der Waals surface area contributed by atoms with E-state index in [2.05, 4.69) is 38.0 Å². The third-order valence-electron chi connectivity index (χ3n) is 5.90. The van der Waals surface area contributed by atoms with Crippen LogP contribution in [0, 0.1) is 0 Å². The second-order valence-electron chi connectivity index (χ2n) is 7.47. The van der Waals surface area contributed by atoms with Gasteiger partial charge in [0.2, 0.25) is 5.91 Å². The zero-order valence-corrected chi connectivity index (χ0v) is 17.3. The van der Waals surface area contributed by atoms with Gasteiger partial charge in [-0.3, -0.25) is 14.6 Å². The quantitative estimate of drug-likeness (QED) is 0.732. The van der Waals surface area contributed by atoms with Gasteiger partial charge in [0.1, 0.15) is 5.69 Å². The topological polar surface area (TPSA) is 66.4 Å². The summed E-state index contributed by atoms with van der Waals surface area (Å²) in [4.78, 5) is 37.9. The fraction of sp³-hybridized carbons (Fsp3) is 0.429. The summed E-state index contributed by atoms with van der Waals surface area (Å²) < 4.78 is 1.02. The van der Waals surface area contributed by atoms with Gasteiger partial charge in [0.25, 0.3) is 5.91 Å². The van der Waals surface area contributed by atoms with E-state index in [9.17, 15) is 9.59 Å². The molecular weight excluding hydrogens is 420 g/mol. The van der Waals surface area contributed by atoms with Crippen molar-refractivity contribution < 1.29 is 9.59 Å². The summed E-state index contributed by atoms with van der Waals surface area (Å²) in [5.74, 6) is 0.0858. The average molecular weight is 443 g/mol. The van der Waals surface area contributed by atoms with Gasteiger partial charge in [-0.15, -0.1) is 0 Å². The van der Waals surface area contributed by atoms with Gasteiger partial charge in [-0.1, -0.05) is 40.9 Å². The number of rotatable bonds is 3. The smallest absolute Gasteiger partial charge is 0.274 e. The van der Waals surface area contributed by atoms with E-state index in [1.165, 1.54) is 12.4 Å². The van der Waals surface area contributed by atoms with Crippen LogP contribution in [0.4, 0.5) is 0 Å². The molecule has 0 N–H and O–H groups in total. The number of piperazine rings is 1. The largest absolute Gasteiger partial charge is 0.338 e. The van der Waals surface area contributed by atoms with E-state index >= 15 is 0 Å². The summed E-state index contributed by atoms with van der Waals surface area (Å²) in [7, 11) is 0. The van der Waals surface area contributed by atoms with Gasteiger partial charge in [0, 0.05) is 43.0 Å². The van der Waals surface area contributed by atoms with Crippen molar-refractivity contribution in [3.63, 3.8) is 0 Å². The molecule has 1 aromatic carbocycles. The molecule has 0 bridgehead atoms. The average Bonchev–Trinajstić information content (AvgIpc) is 3.25. The van der Waals surface area contributed by atoms with E-state index < -0.39 is 5.41 Å². The molecule has 1 saturated heterocycles. The third kappa shape index (κ3) is 3.55. The van der Waals surface area contributed by atoms with Gasteiger partial charge in [0.05, 0.1) is 11.6 Å². The number of carbonyl (C=O) groups excluding carboxylic acids is 2. The molecule has 7 heteroatoms. The Morgan fingerprint density at radius 1 is 0.929 bits per heavy atom. The number of carbonyl (C=O) groups is 2. The Balaban J connectivity index is 1.47. The summed E-state index contributed by atoms with van der Waals surface area (Å²) in [5.41, 5.74) is 1.04. The minimum absolute atomic E-state index is 0.122. The normalized spacial score (nSPS) is 18.9. The Bertz CT molecular complexity index is 842. The lowest BCUT2D eigenvalue weighted by molar-refractivity contribution is -0.138. The maximum atomic E-state index is 13.5. The summed E-state index contributed by atoms with van der Waals surface area (Å²) in [6.45, 7) is 2.17. The molecule has 2 amide bonds. The monoisotopic (exact) mass is 442 g/mol. The highest BCUT2D eigenvalue weighted by molar-refractivity contribution is 9.10. The predicted octanol–water partition coefficient (Wildman–Crippen LogP) is 3.04. The van der Waals surface area contributed by atoms with Crippen LogP contribution in [-0.2, 0) is 10.2 Å². The molecule has 0 atom stereocenters. The molecular formula is C21H23BrN4O2. The van der Waals surface area contributed by atoms with Crippen LogP contribution in [0.15, 0.2) is 47.3 Å². The SMILES string of the molecule is O=C(c1cnccn1)N1CCN(C(=O)C2(c3ccc(Br)cc3)CCCC2)CC1. The predicted molar refractivity (Wildman–Crippen MR) is 109 cm³/mol. The Morgan fingerprint density at radius 3 is 2.18 bits per heavy atom. The van der Waals surface area contributed by atoms with Crippen molar-refractivity contribution in [3.05, 3.63) is 58.6 Å². The van der Waals surface area contributed by atoms with E-state index in [0.29, 0.717) is 31.9 Å². The van der Waals surface area contributed by atoms with Crippen LogP contribution in [-0.4, -0.2) is 57.8 Å². The van der Waals surface area contributed by atoms with Crippen LogP contribution in [0.3, 0.4) is 0 Å². The van der Waals surface area contributed by atoms with Crippen LogP contribution in [0.1, 0.15) is 41.7 Å². The molecule has 2 aromatic rings. The van der Waals surface area contributed by atoms with Crippen LogP contribution in [0.25, 0.3) is 0 Å². The first kappa shape index (κ1) is 19.1. The van der Waals surface area contributed by atoms with Crippen LogP contribution < -0.4 is 0 Å². The van der Waals surface area contributed by atoms with Crippen molar-refractivity contribution in [2.75, 3.05) is 26.2 Å². The van der Waals surface area contributed by atoms with Crippen molar-refractivity contribution in [1.82, 2.24) is 19.8 Å². The van der Waals surface area contributed by atoms with Crippen molar-refractivity contribution in [1.29, 1.82) is 0 Å². The number of hydrogen-bond acceptors (Lipinski definition) is 4. The summed E-state index contributed by atoms with van der Waals surface area (Å²) >= 11 is 3.48. The van der Waals surface area contributed by atoms with Gasteiger partial charge >= 0.3 is 0 Å². The van der Waals surface area contributed by atoms with Crippen molar-refractivity contribution in [2.24, 2.45) is 0 Å². The first-order valence-corrected chi connectivity index (χ1v) is 10.5. The Morgan fingerprint density at radius 2 is 1.57 bits per heavy atom. The molecule has 146 valence electrons. The van der Waals surface area contributed by atoms with Crippen LogP contribution in [0.2, 0.25) is 0 Å². The molecule has 1 aliphatic carbocycles. The van der Waals surface area contributed by atoms with E-state index in [1.807, 2.05) is 17.0 Å². The molecule has 2 heterocycles. The molecule has 6 nitrogen and oxygen atoms in total. The lowest BCUT2D eigenvalue weighted by Crippen LogP contribution is -2.55. The molecule has 1 aliphatic heterocycles. The minimum Gasteiger partial charge on any atom is -0.338 e. The second-order valence-corrected chi connectivity index (χ2v) is 8.39. The summed E-state index contributed by atoms with van der Waals surface area (Å²) in [6, 6.07) is 8.17. The fourth-order valence-corrected chi connectivity index (χ4v) is 4.62. The molecule has 0 spiro atoms. The molecule has 1 saturated carbocycles. The van der Waals surface area contributed by atoms with E-state index in [4.69, 9.17) is 0 Å². The van der Waals surface area contributed by atoms with E-state index in [0.717, 1.165) is 35.7 Å². The zero-order valence-electron chi connectivity index (χ0n) is 15.7. The Hall–Kier alpha value is -2.28. The number of benzene rings is 1. The first-order valence-electron chi connectivity index (χ1n) is 9.71. The van der Waals surface area contributed by atoms with E-state index in [1.54, 1.807) is 11.1 Å². The number of amides is 2. The Labute approximate surface area is 173 Å². The standard InChI is InChI=1S/C21H23BrN4O2/c22-17-5-3-16(4-6-17)21(7-1-2-8-21)20(28)26-13-11-25(12-14-26)19(27)18-15-23-9-10-24-18/h3-6,9-10,15H,1-2,7-8,11-14H2. The van der Waals surface area contributed by atoms with Gasteiger partial charge in [-0.25, -0.2) is 4.98 Å². The van der Waals surface area contributed by atoms with Gasteiger partial charge in [-0.05, 0) is 30.5 Å². The number of halogens is 1. The highest BCUT2D eigenvalue weighted by atomic mass is 79.9. The molecule has 0 radical (unpaired) electrons. The van der Waals surface area contributed by atoms with Gasteiger partial charge < -0.3 is 9.80 Å². The maximum absolute atomic E-state index is 13.5. The summed E-state index contributed by atoms with van der Waals surface area (Å²) in [5, 5.41) is 0. The molecule has 0 unspecified atom stereocenters. The zero-order chi connectivity index (χ0) is 19.6. The molecule has 4 rings (SSSR count). The molecule has 2 aliphatic rings. The van der Waals surface area contributed by atoms with Gasteiger partial charge in [-0.2, -0.15) is 0 Å². The van der Waals surface area contributed by atoms with E-state index in [-0.39, 0.29) is 11.8 Å². The first-order chi connectivity index (χ1) is 13.6. The number of nitrogens with zero attached hydrogens (tertiary/aromatic N) is 4. The van der Waals surface area contributed by atoms with Crippen molar-refractivity contribution in [3.8, 4) is 0 Å². The van der Waals surface area contributed by atoms with Gasteiger partial charge in [0.15, 0.2) is 0 Å². The molecule has 1 aromatic heterocycles. The lowest BCUT2D eigenvalue weighted by atomic mass is 9.77. The summed E-state index contributed by atoms with van der Waals surface area (Å²) in [6.07, 6.45) is 8.50. The van der Waals surface area contributed by atoms with Crippen LogP contribution >= 0.6 is 15.9 Å². The molecule has 2 fully saturated rings. The lowest BCUT2D eigenvalue weighted by Gasteiger charge is -2.40. The minimum atomic E-state index is -0.419. The second kappa shape index (κ2) is 7.99.